The van der Waals surface area contributed by atoms with E-state index in [-0.39, 0.29) is 54.6 Å². The van der Waals surface area contributed by atoms with E-state index < -0.39 is 33.7 Å². The monoisotopic (exact) mass is 640 g/mol. The van der Waals surface area contributed by atoms with Gasteiger partial charge in [0.05, 0.1) is 19.6 Å². The number of carbonyl (C=O) groups excluding carboxylic acids is 2. The van der Waals surface area contributed by atoms with Crippen LogP contribution in [0, 0.1) is 11.8 Å². The van der Waals surface area contributed by atoms with Gasteiger partial charge in [-0.2, -0.15) is 8.42 Å². The fourth-order valence-electron chi connectivity index (χ4n) is 5.14. The summed E-state index contributed by atoms with van der Waals surface area (Å²) in [7, 11) is -4.76. The van der Waals surface area contributed by atoms with E-state index in [0.717, 1.165) is 74.1 Å². The van der Waals surface area contributed by atoms with E-state index in [1.807, 2.05) is 13.8 Å². The molecule has 3 atom stereocenters. The molecule has 0 aliphatic heterocycles. The maximum atomic E-state index is 12.2. The number of rotatable bonds is 16. The van der Waals surface area contributed by atoms with E-state index >= 15 is 0 Å². The topological polar surface area (TPSA) is 107 Å². The summed E-state index contributed by atoms with van der Waals surface area (Å²) >= 11 is 1.16. The van der Waals surface area contributed by atoms with Crippen LogP contribution in [-0.2, 0) is 35.6 Å². The molecular formula is C33H50AlNaO7S. The van der Waals surface area contributed by atoms with Crippen LogP contribution in [0.3, 0.4) is 0 Å². The van der Waals surface area contributed by atoms with Crippen molar-refractivity contribution in [1.82, 2.24) is 0 Å². The Balaban J connectivity index is 0.000000506. The molecule has 0 radical (unpaired) electrons. The zero-order valence-electron chi connectivity index (χ0n) is 26.1. The molecule has 0 spiro atoms. The summed E-state index contributed by atoms with van der Waals surface area (Å²) in [5.74, 6) is -1.61. The van der Waals surface area contributed by atoms with Crippen LogP contribution in [0.25, 0.3) is 11.1 Å². The van der Waals surface area contributed by atoms with Gasteiger partial charge >= 0.3 is 41.5 Å². The van der Waals surface area contributed by atoms with E-state index in [9.17, 15) is 22.6 Å². The molecular weight excluding hydrogens is 590 g/mol. The third kappa shape index (κ3) is 13.4. The fourth-order valence-corrected chi connectivity index (χ4v) is 6.43. The van der Waals surface area contributed by atoms with Crippen LogP contribution in [0.2, 0.25) is 0 Å². The number of unbranched alkanes of at least 4 members (excludes halogenated alkanes) is 2. The summed E-state index contributed by atoms with van der Waals surface area (Å²) in [5.41, 5.74) is 5.97. The van der Waals surface area contributed by atoms with Gasteiger partial charge in [-0.15, -0.1) is 4.43 Å². The van der Waals surface area contributed by atoms with Crippen LogP contribution in [0.1, 0.15) is 96.6 Å². The van der Waals surface area contributed by atoms with Gasteiger partial charge in [-0.3, -0.25) is 14.1 Å². The normalized spacial score (nSPS) is 13.7. The number of fused-ring (bicyclic) bond motifs is 3. The molecule has 0 bridgehead atoms. The van der Waals surface area contributed by atoms with Crippen molar-refractivity contribution in [3.63, 3.8) is 0 Å². The molecule has 2 aromatic rings. The van der Waals surface area contributed by atoms with Crippen molar-refractivity contribution in [1.29, 1.82) is 0 Å². The molecule has 0 saturated heterocycles. The van der Waals surface area contributed by atoms with E-state index in [2.05, 4.69) is 56.3 Å². The third-order valence-corrected chi connectivity index (χ3v) is 10.1. The number of carbonyl (C=O) groups is 2. The van der Waals surface area contributed by atoms with Crippen LogP contribution in [0.5, 0.6) is 0 Å². The van der Waals surface area contributed by atoms with Gasteiger partial charge in [0.1, 0.15) is 0 Å². The molecule has 0 fully saturated rings. The zero-order chi connectivity index (χ0) is 31.1. The Morgan fingerprint density at radius 1 is 0.860 bits per heavy atom. The van der Waals surface area contributed by atoms with Crippen molar-refractivity contribution in [3.8, 4) is 11.1 Å². The van der Waals surface area contributed by atoms with Crippen LogP contribution >= 0.6 is 0 Å². The number of esters is 2. The average molecular weight is 641 g/mol. The van der Waals surface area contributed by atoms with Crippen LogP contribution in [0.4, 0.5) is 0 Å². The summed E-state index contributed by atoms with van der Waals surface area (Å²) < 4.78 is 44.3. The van der Waals surface area contributed by atoms with Crippen LogP contribution < -0.4 is 4.43 Å². The van der Waals surface area contributed by atoms with Gasteiger partial charge in [0.25, 0.3) is 26.4 Å². The van der Waals surface area contributed by atoms with Crippen LogP contribution in [0.15, 0.2) is 42.5 Å². The van der Waals surface area contributed by atoms with Gasteiger partial charge in [-0.25, -0.2) is 0 Å². The van der Waals surface area contributed by atoms with E-state index in [0.29, 0.717) is 0 Å². The number of hydrogen-bond acceptors (Lipinski definition) is 6. The molecule has 0 amide bonds. The second kappa shape index (κ2) is 20.8. The average Bonchev–Trinajstić information content (AvgIpc) is 3.36. The zero-order valence-corrected chi connectivity index (χ0v) is 28.9. The summed E-state index contributed by atoms with van der Waals surface area (Å²) in [6.07, 6.45) is 7.88. The summed E-state index contributed by atoms with van der Waals surface area (Å²) in [5, 5.41) is -1.95. The second-order valence-corrected chi connectivity index (χ2v) is 14.0. The quantitative estimate of drug-likeness (QED) is 0.133. The van der Waals surface area contributed by atoms with E-state index in [4.69, 9.17) is 9.47 Å². The Morgan fingerprint density at radius 3 is 1.98 bits per heavy atom. The standard InChI is InChI=1S/C20H38O7S.C13H9.Al.Na.3H/c1-5-9-11-16(7-3)14-26-19(21)13-18(28(23,24)25)20(22)27-15-17(8-4)12-10-6-2;1-3-7-12-10(5-1)9-11-6-2-4-8-13(11)12;;;;;/h16-18H,5-15H2,1-4H3,(H,23,24,25);1-5,7-8H,9H2;;;;;. The van der Waals surface area contributed by atoms with Crippen molar-refractivity contribution >= 4 is 72.3 Å². The van der Waals surface area contributed by atoms with Gasteiger partial charge < -0.3 is 9.47 Å². The van der Waals surface area contributed by atoms with Crippen molar-refractivity contribution in [2.75, 3.05) is 13.2 Å². The minimum atomic E-state index is -4.76. The third-order valence-electron chi connectivity index (χ3n) is 8.09. The first-order chi connectivity index (χ1) is 20.0. The van der Waals surface area contributed by atoms with Gasteiger partial charge in [-0.05, 0) is 53.4 Å². The molecule has 2 aromatic carbocycles. The second-order valence-electron chi connectivity index (χ2n) is 11.3. The minimum absolute atomic E-state index is 0. The first-order valence-corrected chi connectivity index (χ1v) is 18.0. The Labute approximate surface area is 289 Å². The van der Waals surface area contributed by atoms with Crippen molar-refractivity contribution < 1.29 is 32.0 Å². The molecule has 3 rings (SSSR count). The van der Waals surface area contributed by atoms with Crippen molar-refractivity contribution in [2.45, 2.75) is 97.2 Å². The molecule has 3 unspecified atom stereocenters. The molecule has 1 N–H and O–H groups in total. The van der Waals surface area contributed by atoms with E-state index in [1.165, 1.54) is 16.7 Å². The van der Waals surface area contributed by atoms with Crippen molar-refractivity contribution in [3.05, 3.63) is 53.6 Å². The molecule has 0 heterocycles. The fraction of sp³-hybridized carbons (Fsp3) is 0.576. The van der Waals surface area contributed by atoms with E-state index in [1.54, 1.807) is 9.99 Å². The number of benzene rings is 2. The predicted octanol–water partition coefficient (Wildman–Crippen LogP) is 5.02. The summed E-state index contributed by atoms with van der Waals surface area (Å²) in [6.45, 7) is 8.35. The molecule has 7 nitrogen and oxygen atoms in total. The Bertz CT molecular complexity index is 1250. The van der Waals surface area contributed by atoms with Gasteiger partial charge in [0.2, 0.25) is 0 Å². The summed E-state index contributed by atoms with van der Waals surface area (Å²) in [6, 6.07) is 15.5. The predicted molar refractivity (Wildman–Crippen MR) is 178 cm³/mol. The molecule has 0 saturated carbocycles. The first-order valence-electron chi connectivity index (χ1n) is 15.5. The van der Waals surface area contributed by atoms with Gasteiger partial charge in [-0.1, -0.05) is 109 Å². The molecule has 43 heavy (non-hydrogen) atoms. The molecule has 1 aliphatic carbocycles. The Kier molecular flexibility index (Phi) is 19.3. The SMILES string of the molecule is CCCCC(CC)COC(=O)CC(C(=O)OCC(CC)CCCC)S(=O)(=O)O.[AlH2][c]1cccc2c1Cc1ccccc1-2.[NaH]. The number of ether oxygens (including phenoxy) is 2. The Hall–Kier alpha value is -1.18. The first kappa shape index (κ1) is 39.8. The Morgan fingerprint density at radius 2 is 1.42 bits per heavy atom. The molecule has 1 aliphatic rings. The molecule has 10 heteroatoms. The maximum absolute atomic E-state index is 12.2. The van der Waals surface area contributed by atoms with Gasteiger partial charge in [0, 0.05) is 0 Å². The number of hydrogen-bond donors (Lipinski definition) is 1. The van der Waals surface area contributed by atoms with Gasteiger partial charge in [0.15, 0.2) is 5.25 Å². The van der Waals surface area contributed by atoms with Crippen LogP contribution in [-0.4, -0.2) is 89.2 Å². The molecule has 0 aromatic heterocycles. The molecule has 234 valence electrons. The van der Waals surface area contributed by atoms with Crippen molar-refractivity contribution in [2.24, 2.45) is 11.8 Å². The summed E-state index contributed by atoms with van der Waals surface area (Å²) in [4.78, 5) is 24.2.